The Morgan fingerprint density at radius 2 is 1.18 bits per heavy atom. The molecule has 19 atom stereocenters. The molecule has 6 rings (SSSR count). The Balaban J connectivity index is 1.15. The maximum Gasteiger partial charge on any atom is 0.330 e. The largest absolute Gasteiger partial charge is 0.481 e. The van der Waals surface area contributed by atoms with Gasteiger partial charge in [-0.1, -0.05) is 6.08 Å². The zero-order chi connectivity index (χ0) is 43.4. The highest BCUT2D eigenvalue weighted by atomic mass is 16.7. The van der Waals surface area contributed by atoms with Crippen molar-refractivity contribution in [3.8, 4) is 0 Å². The maximum atomic E-state index is 12.6. The summed E-state index contributed by atoms with van der Waals surface area (Å²) in [5.41, 5.74) is 0. The highest BCUT2D eigenvalue weighted by Gasteiger charge is 2.54. The van der Waals surface area contributed by atoms with Crippen LogP contribution in [0.1, 0.15) is 70.6 Å². The number of aliphatic hydroxyl groups excluding tert-OH is 10. The molecule has 9 unspecified atom stereocenters. The van der Waals surface area contributed by atoms with E-state index in [1.165, 1.54) is 6.08 Å². The van der Waals surface area contributed by atoms with Crippen molar-refractivity contribution in [2.24, 2.45) is 17.8 Å². The van der Waals surface area contributed by atoms with E-state index in [9.17, 15) is 65.4 Å². The summed E-state index contributed by atoms with van der Waals surface area (Å²) in [5.74, 6) is -4.29. The number of ether oxygens (including phenoxy) is 7. The molecule has 6 fully saturated rings. The van der Waals surface area contributed by atoms with Crippen LogP contribution in [0.15, 0.2) is 12.2 Å². The Hall–Kier alpha value is -2.45. The van der Waals surface area contributed by atoms with Gasteiger partial charge in [-0.05, 0) is 69.6 Å². The van der Waals surface area contributed by atoms with Crippen molar-refractivity contribution in [2.75, 3.05) is 13.2 Å². The van der Waals surface area contributed by atoms with E-state index in [2.05, 4.69) is 0 Å². The molecule has 21 heteroatoms. The average molecular weight is 865 g/mol. The van der Waals surface area contributed by atoms with Crippen molar-refractivity contribution in [3.63, 3.8) is 0 Å². The fourth-order valence-corrected chi connectivity index (χ4v) is 9.30. The number of allylic oxidation sites excluding steroid dienone is 1. The molecular formula is C39H60O21. The van der Waals surface area contributed by atoms with E-state index in [1.54, 1.807) is 6.08 Å². The van der Waals surface area contributed by atoms with Gasteiger partial charge in [0.2, 0.25) is 0 Å². The second kappa shape index (κ2) is 20.8. The Morgan fingerprint density at radius 1 is 0.583 bits per heavy atom. The Morgan fingerprint density at radius 3 is 1.78 bits per heavy atom. The summed E-state index contributed by atoms with van der Waals surface area (Å²) in [6.45, 7) is -1.21. The molecule has 6 aliphatic rings. The maximum absolute atomic E-state index is 12.6. The molecule has 11 N–H and O–H groups in total. The molecule has 0 spiro atoms. The smallest absolute Gasteiger partial charge is 0.330 e. The fourth-order valence-electron chi connectivity index (χ4n) is 9.30. The standard InChI is InChI=1S/C39H60O21/c40-18-5-3-17(4-6-18)37-25(58-39-36(53)34(51)31(48)26(60-39)14-54-29(46)8-2-16-1-7-21(42)22(43)9-16)12-20-23(56-37)10-19(41)11-24(20)57-38-35(52)33(50)32(49)27(59-38)15-55-30(47)13-28(44)45/h2,8,16-27,31-43,48-53H,1,3-7,9-15H2,(H,44,45)/t16?,17?,18?,19?,20?,21?,22?,23?,24?,25?,26-,27-,31-,32-,33-,34-,35-,36-,37?,38-,39-/m0/s1. The summed E-state index contributed by atoms with van der Waals surface area (Å²) >= 11 is 0. The number of fused-ring (bicyclic) bond motifs is 1. The van der Waals surface area contributed by atoms with E-state index in [1.807, 2.05) is 0 Å². The molecule has 3 aliphatic carbocycles. The number of hydrogen-bond acceptors (Lipinski definition) is 20. The Labute approximate surface area is 345 Å². The fraction of sp³-hybridized carbons (Fsp3) is 0.872. The van der Waals surface area contributed by atoms with Gasteiger partial charge in [0.05, 0.1) is 48.8 Å². The van der Waals surface area contributed by atoms with Crippen LogP contribution in [0.3, 0.4) is 0 Å². The molecule has 3 saturated carbocycles. The highest BCUT2D eigenvalue weighted by molar-refractivity contribution is 5.90. The number of rotatable bonds is 13. The van der Waals surface area contributed by atoms with Gasteiger partial charge >= 0.3 is 17.9 Å². The van der Waals surface area contributed by atoms with Gasteiger partial charge in [0.25, 0.3) is 0 Å². The molecule has 0 aromatic heterocycles. The number of carboxylic acid groups (broad SMARTS) is 1. The first-order valence-electron chi connectivity index (χ1n) is 20.8. The Bertz CT molecular complexity index is 1460. The summed E-state index contributed by atoms with van der Waals surface area (Å²) in [5, 5.41) is 115. The predicted octanol–water partition coefficient (Wildman–Crippen LogP) is -3.51. The molecule has 0 radical (unpaired) electrons. The van der Waals surface area contributed by atoms with Gasteiger partial charge in [-0.3, -0.25) is 9.59 Å². The van der Waals surface area contributed by atoms with Crippen molar-refractivity contribution in [3.05, 3.63) is 12.2 Å². The summed E-state index contributed by atoms with van der Waals surface area (Å²) in [6.07, 6.45) is -17.6. The minimum absolute atomic E-state index is 0.000341. The number of aliphatic carboxylic acids is 1. The molecule has 21 nitrogen and oxygen atoms in total. The molecular weight excluding hydrogens is 804 g/mol. The van der Waals surface area contributed by atoms with E-state index in [0.29, 0.717) is 38.5 Å². The topological polar surface area (TPSA) is 338 Å². The molecule has 342 valence electrons. The van der Waals surface area contributed by atoms with Crippen LogP contribution in [-0.4, -0.2) is 198 Å². The summed E-state index contributed by atoms with van der Waals surface area (Å²) < 4.78 is 41.1. The summed E-state index contributed by atoms with van der Waals surface area (Å²) in [4.78, 5) is 35.3. The number of esters is 2. The SMILES string of the molecule is O=C(O)CC(=O)OC[C@@H]1O[C@H](OC2CC(O)CC3OC(C4CCC(O)CC4)C(O[C@H]4O[C@@H](COC(=O)C=CC5CCC(O)C(O)C5)[C@H](O)[C@H](O)[C@@H]4O)CC32)[C@@H](O)[C@@H](O)[C@H]1O. The van der Waals surface area contributed by atoms with Gasteiger partial charge < -0.3 is 89.3 Å². The van der Waals surface area contributed by atoms with Crippen molar-refractivity contribution in [1.29, 1.82) is 0 Å². The number of carboxylic acids is 1. The van der Waals surface area contributed by atoms with Crippen molar-refractivity contribution < 1.29 is 104 Å². The first-order valence-corrected chi connectivity index (χ1v) is 20.8. The van der Waals surface area contributed by atoms with Crippen LogP contribution in [-0.2, 0) is 47.5 Å². The molecule has 3 saturated heterocycles. The van der Waals surface area contributed by atoms with Gasteiger partial charge in [0.1, 0.15) is 68.5 Å². The van der Waals surface area contributed by atoms with Gasteiger partial charge in [0, 0.05) is 18.4 Å². The molecule has 0 bridgehead atoms. The summed E-state index contributed by atoms with van der Waals surface area (Å²) in [6, 6.07) is 0. The molecule has 0 aromatic rings. The normalized spacial score (nSPS) is 46.3. The Kier molecular flexibility index (Phi) is 16.3. The minimum Gasteiger partial charge on any atom is -0.481 e. The van der Waals surface area contributed by atoms with Gasteiger partial charge in [-0.2, -0.15) is 0 Å². The first kappa shape index (κ1) is 47.0. The summed E-state index contributed by atoms with van der Waals surface area (Å²) in [7, 11) is 0. The average Bonchev–Trinajstić information content (AvgIpc) is 3.20. The van der Waals surface area contributed by atoms with Crippen molar-refractivity contribution >= 4 is 17.9 Å². The number of aliphatic hydroxyl groups is 10. The van der Waals surface area contributed by atoms with E-state index >= 15 is 0 Å². The zero-order valence-corrected chi connectivity index (χ0v) is 33.0. The molecule has 0 amide bonds. The monoisotopic (exact) mass is 864 g/mol. The lowest BCUT2D eigenvalue weighted by Crippen LogP contribution is -2.63. The van der Waals surface area contributed by atoms with Gasteiger partial charge in [-0.15, -0.1) is 0 Å². The third kappa shape index (κ3) is 11.6. The third-order valence-corrected chi connectivity index (χ3v) is 12.7. The minimum atomic E-state index is -1.84. The van der Waals surface area contributed by atoms with Gasteiger partial charge in [0.15, 0.2) is 12.6 Å². The van der Waals surface area contributed by atoms with Crippen LogP contribution in [0.2, 0.25) is 0 Å². The number of hydrogen-bond donors (Lipinski definition) is 11. The van der Waals surface area contributed by atoms with Crippen molar-refractivity contribution in [2.45, 2.75) is 181 Å². The third-order valence-electron chi connectivity index (χ3n) is 12.7. The van der Waals surface area contributed by atoms with Gasteiger partial charge in [-0.25, -0.2) is 4.79 Å². The molecule has 0 aromatic carbocycles. The lowest BCUT2D eigenvalue weighted by molar-refractivity contribution is -0.344. The second-order valence-corrected chi connectivity index (χ2v) is 17.1. The highest BCUT2D eigenvalue weighted by Crippen LogP contribution is 2.45. The predicted molar refractivity (Wildman–Crippen MR) is 196 cm³/mol. The van der Waals surface area contributed by atoms with Crippen LogP contribution in [0, 0.1) is 17.8 Å². The van der Waals surface area contributed by atoms with Crippen LogP contribution >= 0.6 is 0 Å². The lowest BCUT2D eigenvalue weighted by Gasteiger charge is -2.52. The quantitative estimate of drug-likeness (QED) is 0.0486. The van der Waals surface area contributed by atoms with E-state index in [4.69, 9.17) is 38.3 Å². The van der Waals surface area contributed by atoms with E-state index < -0.39 is 154 Å². The van der Waals surface area contributed by atoms with Crippen LogP contribution in [0.5, 0.6) is 0 Å². The number of carbonyl (C=O) groups excluding carboxylic acids is 2. The lowest BCUT2D eigenvalue weighted by atomic mass is 9.73. The van der Waals surface area contributed by atoms with Crippen LogP contribution in [0.4, 0.5) is 0 Å². The van der Waals surface area contributed by atoms with Crippen LogP contribution in [0.25, 0.3) is 0 Å². The zero-order valence-electron chi connectivity index (χ0n) is 33.0. The molecule has 60 heavy (non-hydrogen) atoms. The second-order valence-electron chi connectivity index (χ2n) is 17.1. The number of carbonyl (C=O) groups is 3. The molecule has 3 aliphatic heterocycles. The van der Waals surface area contributed by atoms with E-state index in [0.717, 1.165) is 0 Å². The van der Waals surface area contributed by atoms with Crippen molar-refractivity contribution in [1.82, 2.24) is 0 Å². The first-order chi connectivity index (χ1) is 28.5. The van der Waals surface area contributed by atoms with E-state index in [-0.39, 0.29) is 37.5 Å². The van der Waals surface area contributed by atoms with Crippen LogP contribution < -0.4 is 0 Å². The molecule has 3 heterocycles.